The van der Waals surface area contributed by atoms with Crippen LogP contribution in [0.1, 0.15) is 133 Å². The van der Waals surface area contributed by atoms with Gasteiger partial charge in [0.2, 0.25) is 45.8 Å². The summed E-state index contributed by atoms with van der Waals surface area (Å²) in [5.74, 6) is 9.06. The summed E-state index contributed by atoms with van der Waals surface area (Å²) >= 11 is 0. The Morgan fingerprint density at radius 2 is 0.678 bits per heavy atom. The van der Waals surface area contributed by atoms with E-state index in [1.165, 1.54) is 17.9 Å². The highest BCUT2D eigenvalue weighted by Gasteiger charge is 2.56. The van der Waals surface area contributed by atoms with Crippen LogP contribution >= 0.6 is 0 Å². The smallest absolute Gasteiger partial charge is 0.236 e. The Morgan fingerprint density at radius 3 is 1.03 bits per heavy atom. The van der Waals surface area contributed by atoms with E-state index in [-0.39, 0.29) is 80.3 Å². The van der Waals surface area contributed by atoms with Crippen LogP contribution in [0.5, 0.6) is 63.2 Å². The summed E-state index contributed by atoms with van der Waals surface area (Å²) in [7, 11) is -1.37. The first-order chi connectivity index (χ1) is 72.4. The SMILES string of the molecule is CCOc1ccc(-c2cccc(CC(=O)C3(c4ccc5c(c4)OCO5)CC3)n2)cc1.CNCc1ccc(-c2cccc(CC(=O)C3(c4ccc5c(c4)OCO5)CC3)n2)cc1.CS(=O)(=O)c1cccc(-c2cccc(CC(=O)C3(c4ccc5c(c4)OCO5)CC3)n2)c1.Cc1cc(-c2cccc(NC(=O)C3(c4ccc5c(c4)OCO5)CC3)n2)ccc1F.N#Cc1ccc(-c2cccc(NC(=O)C3(c4ccc5c(c4)OCO5)CC3)n2)cc1. The molecule has 0 unspecified atom stereocenters. The summed E-state index contributed by atoms with van der Waals surface area (Å²) in [5, 5.41) is 18.0. The fourth-order valence-corrected chi connectivity index (χ4v) is 20.1. The summed E-state index contributed by atoms with van der Waals surface area (Å²) in [5.41, 5.74) is 15.3. The van der Waals surface area contributed by atoms with Gasteiger partial charge in [-0.25, -0.2) is 22.8 Å². The van der Waals surface area contributed by atoms with Crippen molar-refractivity contribution in [2.75, 3.05) is 64.5 Å². The van der Waals surface area contributed by atoms with Crippen LogP contribution in [0.3, 0.4) is 0 Å². The van der Waals surface area contributed by atoms with Gasteiger partial charge in [-0.1, -0.05) is 109 Å². The highest BCUT2D eigenvalue weighted by atomic mass is 32.2. The van der Waals surface area contributed by atoms with Gasteiger partial charge in [0.25, 0.3) is 0 Å². The number of nitriles is 1. The Bertz CT molecular complexity index is 7700. The lowest BCUT2D eigenvalue weighted by Crippen LogP contribution is -2.28. The molecule has 0 saturated heterocycles. The molecule has 10 heterocycles. The minimum atomic E-state index is -3.31. The van der Waals surface area contributed by atoms with E-state index in [2.05, 4.69) is 61.2 Å². The quantitative estimate of drug-likeness (QED) is 0.0410. The van der Waals surface area contributed by atoms with Crippen LogP contribution in [0.4, 0.5) is 16.0 Å². The maximum Gasteiger partial charge on any atom is 0.236 e. The molecule has 29 heteroatoms. The van der Waals surface area contributed by atoms with Crippen molar-refractivity contribution in [3.8, 4) is 126 Å². The van der Waals surface area contributed by atoms with Crippen molar-refractivity contribution in [3.63, 3.8) is 0 Å². The molecular formula is C120H104FN9O18S. The molecule has 5 aliphatic heterocycles. The standard InChI is InChI=1S/C25H24N2O3.C25H23NO4.C24H21NO5S.C23H19FN2O3.C23H17N3O3/c1-26-15-17-5-7-18(8-6-17)21-4-2-3-20(27-21)14-24(28)25(11-12-25)19-9-10-22-23(13-19)30-16-29-22;1-2-28-20-9-6-17(7-10-20)21-5-3-4-19(26-21)15-24(27)25(12-13-25)18-8-11-22-23(14-18)30-16-29-22;1-31(27,28)19-6-2-4-16(12-19)20-7-3-5-18(25-20)14-23(26)24(10-11-24)17-8-9-21-22(13-17)30-15-29-21;1-14-11-15(5-7-17(14)24)18-3-2-4-21(25-18)26-22(27)23(9-10-23)16-6-8-19-20(12-16)29-13-28-19;24-13-15-4-6-16(7-5-15)18-2-1-3-21(25-18)26-22(27)23(10-11-23)17-8-9-19-20(12-17)29-14-28-19/h2-10,13,26H,11-12,14-16H2,1H3;3-11,14H,2,12-13,15-16H2,1H3;2-9,12-13H,10-11,14-15H2,1H3;2-8,11-12H,9-10,13H2,1H3,(H,25,26,27);1-9,12H,10-11,14H2,(H,25,26,27). The van der Waals surface area contributed by atoms with E-state index in [4.69, 9.17) is 67.3 Å². The van der Waals surface area contributed by atoms with Gasteiger partial charge in [-0.3, -0.25) is 38.9 Å². The Balaban J connectivity index is 0.000000109. The fraction of sp³-hybridized carbons (Fsp3) is 0.242. The molecule has 10 aromatic carbocycles. The maximum atomic E-state index is 13.6. The van der Waals surface area contributed by atoms with Crippen molar-refractivity contribution in [1.29, 1.82) is 5.26 Å². The van der Waals surface area contributed by atoms with E-state index >= 15 is 0 Å². The molecule has 15 aromatic rings. The van der Waals surface area contributed by atoms with Crippen molar-refractivity contribution in [2.45, 2.75) is 136 Å². The number of carbonyl (C=O) groups is 5. The van der Waals surface area contributed by atoms with Gasteiger partial charge >= 0.3 is 0 Å². The van der Waals surface area contributed by atoms with Crippen molar-refractivity contribution in [3.05, 3.63) is 365 Å². The Hall–Kier alpha value is -17.0. The first-order valence-electron chi connectivity index (χ1n) is 49.5. The minimum Gasteiger partial charge on any atom is -0.494 e. The number of aryl methyl sites for hydroxylation is 1. The Labute approximate surface area is 860 Å². The predicted molar refractivity (Wildman–Crippen MR) is 556 cm³/mol. The van der Waals surface area contributed by atoms with Gasteiger partial charge in [-0.2, -0.15) is 5.26 Å². The first kappa shape index (κ1) is 98.1. The minimum absolute atomic E-state index is 0.0687. The molecule has 25 rings (SSSR count). The number of ketones is 3. The monoisotopic (exact) mass is 2010 g/mol. The summed E-state index contributed by atoms with van der Waals surface area (Å²) in [4.78, 5) is 89.4. The number of aromatic nitrogens is 5. The zero-order valence-electron chi connectivity index (χ0n) is 82.3. The van der Waals surface area contributed by atoms with E-state index in [1.807, 2.05) is 226 Å². The molecule has 149 heavy (non-hydrogen) atoms. The lowest BCUT2D eigenvalue weighted by atomic mass is 9.88. The van der Waals surface area contributed by atoms with Crippen molar-refractivity contribution >= 4 is 50.6 Å². The second-order valence-corrected chi connectivity index (χ2v) is 40.5. The van der Waals surface area contributed by atoms with Crippen LogP contribution < -0.4 is 68.1 Å². The Kier molecular flexibility index (Phi) is 27.3. The number of benzene rings is 10. The molecule has 5 fully saturated rings. The number of hydrogen-bond donors (Lipinski definition) is 3. The first-order valence-corrected chi connectivity index (χ1v) is 51.4. The topological polar surface area (TPSA) is 345 Å². The number of nitrogens with one attached hydrogen (secondary N) is 3. The molecule has 0 atom stereocenters. The average Bonchev–Trinajstić information content (AvgIpc) is 1.61. The number of sulfone groups is 1. The molecule has 5 saturated carbocycles. The molecule has 3 N–H and O–H groups in total. The summed E-state index contributed by atoms with van der Waals surface area (Å²) in [6.45, 7) is 6.26. The number of nitrogens with zero attached hydrogens (tertiary/aromatic N) is 6. The number of carbonyl (C=O) groups excluding carboxylic acids is 5. The maximum absolute atomic E-state index is 13.6. The van der Waals surface area contributed by atoms with E-state index in [0.717, 1.165) is 178 Å². The van der Waals surface area contributed by atoms with Gasteiger partial charge in [-0.15, -0.1) is 0 Å². The van der Waals surface area contributed by atoms with Crippen LogP contribution in [-0.4, -0.2) is 116 Å². The van der Waals surface area contributed by atoms with Crippen molar-refractivity contribution < 1.29 is 88.9 Å². The number of amides is 2. The van der Waals surface area contributed by atoms with Crippen LogP contribution in [0.25, 0.3) is 56.3 Å². The van der Waals surface area contributed by atoms with E-state index in [0.29, 0.717) is 99.4 Å². The van der Waals surface area contributed by atoms with Crippen LogP contribution in [-0.2, 0) is 86.7 Å². The molecule has 5 aliphatic carbocycles. The predicted octanol–water partition coefficient (Wildman–Crippen LogP) is 21.1. The van der Waals surface area contributed by atoms with Gasteiger partial charge in [0.15, 0.2) is 67.3 Å². The number of pyridine rings is 5. The lowest BCUT2D eigenvalue weighted by Gasteiger charge is -2.16. The number of ether oxygens (including phenoxy) is 11. The molecule has 0 bridgehead atoms. The van der Waals surface area contributed by atoms with E-state index in [1.54, 1.807) is 61.5 Å². The molecule has 27 nitrogen and oxygen atoms in total. The van der Waals surface area contributed by atoms with E-state index < -0.39 is 36.9 Å². The molecule has 10 aliphatic rings. The van der Waals surface area contributed by atoms with E-state index in [9.17, 15) is 36.8 Å². The van der Waals surface area contributed by atoms with Gasteiger partial charge in [0.1, 0.15) is 40.6 Å². The summed E-state index contributed by atoms with van der Waals surface area (Å²) in [6.07, 6.45) is 10.3. The molecular weight excluding hydrogens is 1910 g/mol. The highest BCUT2D eigenvalue weighted by molar-refractivity contribution is 7.90. The highest BCUT2D eigenvalue weighted by Crippen LogP contribution is 2.57. The molecule has 0 spiro atoms. The number of fused-ring (bicyclic) bond motifs is 5. The third-order valence-electron chi connectivity index (χ3n) is 28.7. The normalized spacial score (nSPS) is 15.8. The number of halogens is 1. The van der Waals surface area contributed by atoms with Gasteiger partial charge in [-0.05, 0) is 312 Å². The van der Waals surface area contributed by atoms with Crippen molar-refractivity contribution in [1.82, 2.24) is 30.2 Å². The van der Waals surface area contributed by atoms with Gasteiger partial charge < -0.3 is 68.1 Å². The van der Waals surface area contributed by atoms with Gasteiger partial charge in [0, 0.05) is 77.0 Å². The second-order valence-electron chi connectivity index (χ2n) is 38.5. The third kappa shape index (κ3) is 21.3. The van der Waals surface area contributed by atoms with Crippen LogP contribution in [0.2, 0.25) is 0 Å². The van der Waals surface area contributed by atoms with Crippen LogP contribution in [0, 0.1) is 24.1 Å². The van der Waals surface area contributed by atoms with Crippen molar-refractivity contribution in [2.24, 2.45) is 0 Å². The average molecular weight is 2010 g/mol. The zero-order valence-corrected chi connectivity index (χ0v) is 83.1. The lowest BCUT2D eigenvalue weighted by molar-refractivity contribution is -0.121. The summed E-state index contributed by atoms with van der Waals surface area (Å²) < 4.78 is 97.0. The number of anilines is 2. The molecule has 750 valence electrons. The molecule has 5 aromatic heterocycles. The molecule has 2 amide bonds. The van der Waals surface area contributed by atoms with Gasteiger partial charge in [0.05, 0.1) is 78.7 Å². The Morgan fingerprint density at radius 1 is 0.362 bits per heavy atom. The third-order valence-corrected chi connectivity index (χ3v) is 29.8. The molecule has 0 radical (unpaired) electrons. The second kappa shape index (κ2) is 41.5. The largest absolute Gasteiger partial charge is 0.494 e. The number of hydrogen-bond acceptors (Lipinski definition) is 25. The number of rotatable bonds is 28. The number of Topliss-reactive ketones (excluding diaryl/α,β-unsaturated/α-hetero) is 3. The zero-order chi connectivity index (χ0) is 103. The summed E-state index contributed by atoms with van der Waals surface area (Å²) in [6, 6.07) is 94.0. The fourth-order valence-electron chi connectivity index (χ4n) is 19.4. The van der Waals surface area contributed by atoms with Crippen LogP contribution in [0.15, 0.2) is 302 Å².